The van der Waals surface area contributed by atoms with Crippen LogP contribution in [0.15, 0.2) is 36.9 Å². The van der Waals surface area contributed by atoms with E-state index >= 15 is 0 Å². The van der Waals surface area contributed by atoms with Gasteiger partial charge in [0.2, 0.25) is 0 Å². The molecular weight excluding hydrogens is 544 g/mol. The summed E-state index contributed by atoms with van der Waals surface area (Å²) in [6.07, 6.45) is 4.04. The number of aliphatic hydroxyl groups excluding tert-OH is 2. The molecule has 0 unspecified atom stereocenters. The van der Waals surface area contributed by atoms with E-state index in [0.29, 0.717) is 24.0 Å². The first-order valence-electron chi connectivity index (χ1n) is 14.3. The zero-order chi connectivity index (χ0) is 31.6. The highest BCUT2D eigenvalue weighted by molar-refractivity contribution is 5.39. The zero-order valence-electron chi connectivity index (χ0n) is 25.6. The summed E-state index contributed by atoms with van der Waals surface area (Å²) in [6, 6.07) is 3.26. The molecule has 12 nitrogen and oxygen atoms in total. The highest BCUT2D eigenvalue weighted by atomic mass is 16.6. The first kappa shape index (κ1) is 33.4. The van der Waals surface area contributed by atoms with Crippen LogP contribution in [0.25, 0.3) is 0 Å². The molecule has 2 aliphatic heterocycles. The number of nitro groups is 2. The lowest BCUT2D eigenvalue weighted by atomic mass is 9.77. The van der Waals surface area contributed by atoms with Gasteiger partial charge in [0.1, 0.15) is 12.4 Å². The van der Waals surface area contributed by atoms with Crippen LogP contribution in [0.1, 0.15) is 91.6 Å². The Bertz CT molecular complexity index is 1150. The summed E-state index contributed by atoms with van der Waals surface area (Å²) < 4.78 is 12.1. The van der Waals surface area contributed by atoms with Gasteiger partial charge in [0, 0.05) is 12.4 Å². The van der Waals surface area contributed by atoms with Crippen molar-refractivity contribution in [2.24, 2.45) is 22.7 Å². The molecular formula is C30H44N4O8. The average molecular weight is 589 g/mol. The van der Waals surface area contributed by atoms with Gasteiger partial charge in [-0.1, -0.05) is 55.4 Å². The summed E-state index contributed by atoms with van der Waals surface area (Å²) in [5, 5.41) is 43.0. The average Bonchev–Trinajstić information content (AvgIpc) is 2.90. The molecule has 0 spiro atoms. The number of pyridine rings is 2. The van der Waals surface area contributed by atoms with E-state index in [9.17, 15) is 30.4 Å². The molecule has 42 heavy (non-hydrogen) atoms. The highest BCUT2D eigenvalue weighted by Crippen LogP contribution is 2.44. The van der Waals surface area contributed by atoms with E-state index in [1.165, 1.54) is 24.8 Å². The number of aromatic nitrogens is 2. The molecule has 0 radical (unpaired) electrons. The summed E-state index contributed by atoms with van der Waals surface area (Å²) in [7, 11) is 0. The maximum absolute atomic E-state index is 11.1. The Balaban J connectivity index is 0.000000230. The van der Waals surface area contributed by atoms with Crippen molar-refractivity contribution in [3.63, 3.8) is 0 Å². The van der Waals surface area contributed by atoms with Crippen LogP contribution < -0.4 is 0 Å². The van der Waals surface area contributed by atoms with E-state index in [1.807, 2.05) is 55.4 Å². The standard InChI is InChI=1S/2C15H22N2O4/c2*1-9-7-12(21-14(13(9)18)15(2,3)4)10-5-6-16-8-11(10)17(19)20/h2*5-6,8-9,12-14,18H,7H2,1-4H3/t9-,12+,13-,14-;9-,12-,13+,14+/m01/s1. The van der Waals surface area contributed by atoms with Crippen LogP contribution in [-0.4, -0.2) is 54.4 Å². The second-order valence-electron chi connectivity index (χ2n) is 13.6. The van der Waals surface area contributed by atoms with Crippen LogP contribution in [0, 0.1) is 42.9 Å². The van der Waals surface area contributed by atoms with Gasteiger partial charge < -0.3 is 19.7 Å². The molecule has 0 saturated carbocycles. The van der Waals surface area contributed by atoms with Crippen LogP contribution in [0.5, 0.6) is 0 Å². The van der Waals surface area contributed by atoms with Crippen molar-refractivity contribution in [2.45, 2.75) is 105 Å². The number of hydrogen-bond acceptors (Lipinski definition) is 10. The topological polar surface area (TPSA) is 171 Å². The molecule has 0 bridgehead atoms. The van der Waals surface area contributed by atoms with E-state index in [-0.39, 0.29) is 46.2 Å². The maximum Gasteiger partial charge on any atom is 0.293 e. The van der Waals surface area contributed by atoms with Gasteiger partial charge >= 0.3 is 0 Å². The summed E-state index contributed by atoms with van der Waals surface area (Å²) >= 11 is 0. The molecule has 0 aromatic carbocycles. The van der Waals surface area contributed by atoms with Gasteiger partial charge in [0.05, 0.1) is 57.6 Å². The number of nitrogens with zero attached hydrogens (tertiary/aromatic N) is 4. The fourth-order valence-electron chi connectivity index (χ4n) is 5.65. The van der Waals surface area contributed by atoms with Gasteiger partial charge in [-0.05, 0) is 47.6 Å². The second kappa shape index (κ2) is 13.1. The Hall–Kier alpha value is -3.06. The van der Waals surface area contributed by atoms with E-state index in [1.54, 1.807) is 12.1 Å². The van der Waals surface area contributed by atoms with E-state index in [4.69, 9.17) is 9.47 Å². The van der Waals surface area contributed by atoms with Crippen molar-refractivity contribution < 1.29 is 29.5 Å². The van der Waals surface area contributed by atoms with Crippen molar-refractivity contribution in [1.82, 2.24) is 9.97 Å². The molecule has 2 aromatic rings. The lowest BCUT2D eigenvalue weighted by molar-refractivity contribution is -0.387. The number of rotatable bonds is 4. The second-order valence-corrected chi connectivity index (χ2v) is 13.6. The van der Waals surface area contributed by atoms with Gasteiger partial charge in [-0.3, -0.25) is 30.2 Å². The van der Waals surface area contributed by atoms with Gasteiger partial charge in [-0.2, -0.15) is 0 Å². The smallest absolute Gasteiger partial charge is 0.293 e. The third-order valence-corrected chi connectivity index (χ3v) is 8.04. The summed E-state index contributed by atoms with van der Waals surface area (Å²) in [4.78, 5) is 29.1. The van der Waals surface area contributed by atoms with Gasteiger partial charge in [0.25, 0.3) is 11.4 Å². The molecule has 232 valence electrons. The molecule has 4 heterocycles. The summed E-state index contributed by atoms with van der Waals surface area (Å²) in [6.45, 7) is 15.9. The first-order chi connectivity index (χ1) is 19.4. The predicted molar refractivity (Wildman–Crippen MR) is 155 cm³/mol. The molecule has 2 saturated heterocycles. The van der Waals surface area contributed by atoms with Crippen LogP contribution in [0.3, 0.4) is 0 Å². The maximum atomic E-state index is 11.1. The molecule has 2 aliphatic rings. The van der Waals surface area contributed by atoms with Crippen LogP contribution in [0.2, 0.25) is 0 Å². The van der Waals surface area contributed by atoms with E-state index < -0.39 is 34.3 Å². The van der Waals surface area contributed by atoms with E-state index in [0.717, 1.165) is 0 Å². The lowest BCUT2D eigenvalue weighted by Gasteiger charge is -2.44. The minimum atomic E-state index is -0.567. The van der Waals surface area contributed by atoms with Crippen molar-refractivity contribution in [2.75, 3.05) is 0 Å². The monoisotopic (exact) mass is 588 g/mol. The van der Waals surface area contributed by atoms with Crippen molar-refractivity contribution in [3.05, 3.63) is 68.3 Å². The van der Waals surface area contributed by atoms with Crippen LogP contribution in [-0.2, 0) is 9.47 Å². The molecule has 0 amide bonds. The molecule has 4 rings (SSSR count). The predicted octanol–water partition coefficient (Wildman–Crippen LogP) is 5.73. The summed E-state index contributed by atoms with van der Waals surface area (Å²) in [5.74, 6) is 0.0292. The Kier molecular flexibility index (Phi) is 10.4. The molecule has 8 atom stereocenters. The largest absolute Gasteiger partial charge is 0.390 e. The van der Waals surface area contributed by atoms with Gasteiger partial charge in [0.15, 0.2) is 0 Å². The Morgan fingerprint density at radius 2 is 1.07 bits per heavy atom. The zero-order valence-corrected chi connectivity index (χ0v) is 25.6. The Morgan fingerprint density at radius 1 is 0.738 bits per heavy atom. The number of hydrogen-bond donors (Lipinski definition) is 2. The quantitative estimate of drug-likeness (QED) is 0.332. The molecule has 0 aliphatic carbocycles. The minimum Gasteiger partial charge on any atom is -0.390 e. The molecule has 2 aromatic heterocycles. The summed E-state index contributed by atoms with van der Waals surface area (Å²) in [5.41, 5.74) is 0.519. The fourth-order valence-corrected chi connectivity index (χ4v) is 5.65. The third kappa shape index (κ3) is 7.66. The van der Waals surface area contributed by atoms with Crippen LogP contribution in [0.4, 0.5) is 11.4 Å². The first-order valence-corrected chi connectivity index (χ1v) is 14.3. The van der Waals surface area contributed by atoms with Gasteiger partial charge in [-0.15, -0.1) is 0 Å². The fraction of sp³-hybridized carbons (Fsp3) is 0.667. The number of ether oxygens (including phenoxy) is 2. The Labute approximate surface area is 246 Å². The van der Waals surface area contributed by atoms with Gasteiger partial charge in [-0.25, -0.2) is 0 Å². The normalized spacial score (nSPS) is 30.1. The van der Waals surface area contributed by atoms with E-state index in [2.05, 4.69) is 9.97 Å². The van der Waals surface area contributed by atoms with Crippen LogP contribution >= 0.6 is 0 Å². The molecule has 2 fully saturated rings. The molecule has 2 N–H and O–H groups in total. The van der Waals surface area contributed by atoms with Crippen molar-refractivity contribution in [3.8, 4) is 0 Å². The lowest BCUT2D eigenvalue weighted by Crippen LogP contribution is -2.48. The van der Waals surface area contributed by atoms with Crippen molar-refractivity contribution >= 4 is 11.4 Å². The number of aliphatic hydroxyl groups is 2. The minimum absolute atomic E-state index is 0.0146. The SMILES string of the molecule is C[C@@H]1C[C@H](c2ccncc2[N+](=O)[O-])O[C@H](C(C)(C)C)[C@H]1O.C[C@H]1C[C@H](c2ccncc2[N+](=O)[O-])O[C@H](C(C)(C)C)[C@H]1O. The molecule has 12 heteroatoms. The third-order valence-electron chi connectivity index (χ3n) is 8.04. The Morgan fingerprint density at radius 3 is 1.36 bits per heavy atom. The highest BCUT2D eigenvalue weighted by Gasteiger charge is 2.44. The van der Waals surface area contributed by atoms with Crippen molar-refractivity contribution in [1.29, 1.82) is 0 Å².